The molecule has 0 aliphatic rings. The second-order valence-electron chi connectivity index (χ2n) is 7.06. The van der Waals surface area contributed by atoms with Crippen LogP contribution in [0.5, 0.6) is 0 Å². The Labute approximate surface area is 160 Å². The van der Waals surface area contributed by atoms with Crippen molar-refractivity contribution in [1.82, 2.24) is 10.5 Å². The molecule has 1 N–H and O–H groups in total. The van der Waals surface area contributed by atoms with E-state index in [4.69, 9.17) is 4.52 Å². The van der Waals surface area contributed by atoms with Gasteiger partial charge in [-0.15, -0.1) is 0 Å². The number of aromatic nitrogens is 1. The fourth-order valence-electron chi connectivity index (χ4n) is 3.76. The molecule has 140 valence electrons. The van der Waals surface area contributed by atoms with Crippen LogP contribution in [0.3, 0.4) is 0 Å². The smallest absolute Gasteiger partial charge is 0.227 e. The van der Waals surface area contributed by atoms with Crippen molar-refractivity contribution >= 4 is 5.91 Å². The van der Waals surface area contributed by atoms with Gasteiger partial charge in [0.25, 0.3) is 0 Å². The topological polar surface area (TPSA) is 55.1 Å². The highest BCUT2D eigenvalue weighted by Crippen LogP contribution is 2.29. The minimum absolute atomic E-state index is 0.0197. The monoisotopic (exact) mass is 362 g/mol. The molecule has 0 bridgehead atoms. The number of hydrogen-bond acceptors (Lipinski definition) is 3. The van der Waals surface area contributed by atoms with Gasteiger partial charge in [-0.05, 0) is 38.8 Å². The van der Waals surface area contributed by atoms with E-state index in [1.807, 2.05) is 57.2 Å². The van der Waals surface area contributed by atoms with Gasteiger partial charge in [0, 0.05) is 17.5 Å². The second-order valence-corrected chi connectivity index (χ2v) is 7.06. The van der Waals surface area contributed by atoms with Crippen LogP contribution >= 0.6 is 0 Å². The van der Waals surface area contributed by atoms with Crippen molar-refractivity contribution in [3.05, 3.63) is 88.8 Å². The van der Waals surface area contributed by atoms with Gasteiger partial charge in [0.05, 0.1) is 11.6 Å². The number of carbonyl (C=O) groups excluding carboxylic acids is 1. The van der Waals surface area contributed by atoms with E-state index in [-0.39, 0.29) is 23.8 Å². The van der Waals surface area contributed by atoms with Crippen LogP contribution in [0, 0.1) is 13.8 Å². The van der Waals surface area contributed by atoms with E-state index in [0.717, 1.165) is 11.3 Å². The minimum atomic E-state index is -0.314. The van der Waals surface area contributed by atoms with E-state index in [2.05, 4.69) is 41.7 Å². The highest BCUT2D eigenvalue weighted by Gasteiger charge is 2.27. The Morgan fingerprint density at radius 3 is 1.89 bits per heavy atom. The van der Waals surface area contributed by atoms with Gasteiger partial charge in [-0.1, -0.05) is 65.8 Å². The van der Waals surface area contributed by atoms with E-state index < -0.39 is 0 Å². The SMILES string of the molecule is Cc1noc(C)c1C(C)C(=O)NC(C)C(c1ccccc1)c1ccccc1. The lowest BCUT2D eigenvalue weighted by atomic mass is 9.85. The number of hydrogen-bond donors (Lipinski definition) is 1. The summed E-state index contributed by atoms with van der Waals surface area (Å²) in [7, 11) is 0. The number of rotatable bonds is 6. The average molecular weight is 362 g/mol. The summed E-state index contributed by atoms with van der Waals surface area (Å²) in [6.07, 6.45) is 0. The first-order valence-electron chi connectivity index (χ1n) is 9.32. The maximum absolute atomic E-state index is 12.9. The van der Waals surface area contributed by atoms with Gasteiger partial charge in [0.2, 0.25) is 5.91 Å². The van der Waals surface area contributed by atoms with Gasteiger partial charge < -0.3 is 9.84 Å². The second kappa shape index (κ2) is 8.21. The fourth-order valence-corrected chi connectivity index (χ4v) is 3.76. The zero-order valence-corrected chi connectivity index (χ0v) is 16.3. The van der Waals surface area contributed by atoms with Crippen molar-refractivity contribution in [2.24, 2.45) is 0 Å². The highest BCUT2D eigenvalue weighted by molar-refractivity contribution is 5.84. The van der Waals surface area contributed by atoms with E-state index in [0.29, 0.717) is 5.76 Å². The molecule has 2 atom stereocenters. The third-order valence-corrected chi connectivity index (χ3v) is 5.10. The summed E-state index contributed by atoms with van der Waals surface area (Å²) in [5, 5.41) is 7.19. The minimum Gasteiger partial charge on any atom is -0.361 e. The van der Waals surface area contributed by atoms with E-state index in [1.165, 1.54) is 11.1 Å². The Hall–Kier alpha value is -2.88. The Morgan fingerprint density at radius 2 is 1.44 bits per heavy atom. The zero-order valence-electron chi connectivity index (χ0n) is 16.3. The lowest BCUT2D eigenvalue weighted by Gasteiger charge is -2.27. The van der Waals surface area contributed by atoms with Crippen LogP contribution < -0.4 is 5.32 Å². The van der Waals surface area contributed by atoms with Gasteiger partial charge in [-0.25, -0.2) is 0 Å². The first-order chi connectivity index (χ1) is 13.0. The van der Waals surface area contributed by atoms with Crippen LogP contribution in [0.25, 0.3) is 0 Å². The summed E-state index contributed by atoms with van der Waals surface area (Å²) in [6.45, 7) is 7.67. The van der Waals surface area contributed by atoms with Gasteiger partial charge in [-0.2, -0.15) is 0 Å². The number of nitrogens with one attached hydrogen (secondary N) is 1. The molecule has 1 amide bonds. The number of carbonyl (C=O) groups is 1. The predicted molar refractivity (Wildman–Crippen MR) is 107 cm³/mol. The molecule has 1 heterocycles. The average Bonchev–Trinajstić information content (AvgIpc) is 3.01. The molecule has 4 heteroatoms. The van der Waals surface area contributed by atoms with E-state index in [9.17, 15) is 4.79 Å². The van der Waals surface area contributed by atoms with Crippen molar-refractivity contribution < 1.29 is 9.32 Å². The molecule has 0 spiro atoms. The maximum atomic E-state index is 12.9. The molecule has 0 saturated heterocycles. The summed E-state index contributed by atoms with van der Waals surface area (Å²) in [6, 6.07) is 20.5. The van der Waals surface area contributed by atoms with Crippen LogP contribution in [-0.4, -0.2) is 17.1 Å². The van der Waals surface area contributed by atoms with Crippen molar-refractivity contribution in [3.63, 3.8) is 0 Å². The molecule has 1 aromatic heterocycles. The van der Waals surface area contributed by atoms with Crippen LogP contribution in [0.2, 0.25) is 0 Å². The molecule has 0 saturated carbocycles. The van der Waals surface area contributed by atoms with Crippen molar-refractivity contribution in [3.8, 4) is 0 Å². The fraction of sp³-hybridized carbons (Fsp3) is 0.304. The summed E-state index contributed by atoms with van der Waals surface area (Å²) in [5.41, 5.74) is 4.00. The third kappa shape index (κ3) is 4.11. The lowest BCUT2D eigenvalue weighted by molar-refractivity contribution is -0.122. The maximum Gasteiger partial charge on any atom is 0.227 e. The Bertz CT molecular complexity index is 828. The molecule has 0 fully saturated rings. The van der Waals surface area contributed by atoms with Crippen molar-refractivity contribution in [2.45, 2.75) is 45.6 Å². The standard InChI is InChI=1S/C23H26N2O2/c1-15(21-17(3)25-27-18(21)4)23(26)24-16(2)22(19-11-7-5-8-12-19)20-13-9-6-10-14-20/h5-16,22H,1-4H3,(H,24,26). The van der Waals surface area contributed by atoms with Crippen molar-refractivity contribution in [1.29, 1.82) is 0 Å². The third-order valence-electron chi connectivity index (χ3n) is 5.10. The first-order valence-corrected chi connectivity index (χ1v) is 9.32. The van der Waals surface area contributed by atoms with Crippen LogP contribution in [-0.2, 0) is 4.79 Å². The summed E-state index contributed by atoms with van der Waals surface area (Å²) < 4.78 is 5.23. The van der Waals surface area contributed by atoms with Crippen LogP contribution in [0.4, 0.5) is 0 Å². The summed E-state index contributed by atoms with van der Waals surface area (Å²) >= 11 is 0. The van der Waals surface area contributed by atoms with Crippen LogP contribution in [0.15, 0.2) is 65.2 Å². The number of nitrogens with zero attached hydrogens (tertiary/aromatic N) is 1. The van der Waals surface area contributed by atoms with Gasteiger partial charge in [0.1, 0.15) is 5.76 Å². The molecule has 3 rings (SSSR count). The van der Waals surface area contributed by atoms with E-state index >= 15 is 0 Å². The molecule has 2 unspecified atom stereocenters. The largest absolute Gasteiger partial charge is 0.361 e. The zero-order chi connectivity index (χ0) is 19.4. The molecular formula is C23H26N2O2. The molecule has 0 aliphatic heterocycles. The number of benzene rings is 2. The molecule has 0 radical (unpaired) electrons. The molecule has 3 aromatic rings. The molecule has 4 nitrogen and oxygen atoms in total. The van der Waals surface area contributed by atoms with Gasteiger partial charge in [-0.3, -0.25) is 4.79 Å². The van der Waals surface area contributed by atoms with Gasteiger partial charge in [0.15, 0.2) is 0 Å². The molecular weight excluding hydrogens is 336 g/mol. The first kappa shape index (κ1) is 18.9. The Kier molecular flexibility index (Phi) is 5.75. The Balaban J connectivity index is 1.85. The highest BCUT2D eigenvalue weighted by atomic mass is 16.5. The molecule has 2 aromatic carbocycles. The normalized spacial score (nSPS) is 13.4. The Morgan fingerprint density at radius 1 is 0.926 bits per heavy atom. The summed E-state index contributed by atoms with van der Waals surface area (Å²) in [4.78, 5) is 12.9. The number of aryl methyl sites for hydroxylation is 2. The van der Waals surface area contributed by atoms with Crippen LogP contribution in [0.1, 0.15) is 53.8 Å². The quantitative estimate of drug-likeness (QED) is 0.689. The lowest BCUT2D eigenvalue weighted by Crippen LogP contribution is -2.39. The molecule has 27 heavy (non-hydrogen) atoms. The molecule has 0 aliphatic carbocycles. The predicted octanol–water partition coefficient (Wildman–Crippen LogP) is 4.73. The van der Waals surface area contributed by atoms with E-state index in [1.54, 1.807) is 0 Å². The number of amides is 1. The van der Waals surface area contributed by atoms with Gasteiger partial charge >= 0.3 is 0 Å². The van der Waals surface area contributed by atoms with Crippen molar-refractivity contribution in [2.75, 3.05) is 0 Å². The summed E-state index contributed by atoms with van der Waals surface area (Å²) in [5.74, 6) is 0.443.